The van der Waals surface area contributed by atoms with Crippen LogP contribution in [0.25, 0.3) is 0 Å². The number of nitrogens with zero attached hydrogens (tertiary/aromatic N) is 2. The number of hydrogen-bond donors (Lipinski definition) is 1. The minimum absolute atomic E-state index is 0.0413. The third-order valence-corrected chi connectivity index (χ3v) is 3.15. The average Bonchev–Trinajstić information content (AvgIpc) is 2.41. The van der Waals surface area contributed by atoms with E-state index in [1.54, 1.807) is 37.5 Å². The van der Waals surface area contributed by atoms with Gasteiger partial charge in [0.2, 0.25) is 0 Å². The van der Waals surface area contributed by atoms with Crippen molar-refractivity contribution in [3.8, 4) is 11.5 Å². The molecule has 0 aliphatic rings. The molecule has 0 aliphatic heterocycles. The van der Waals surface area contributed by atoms with Crippen LogP contribution in [-0.2, 0) is 0 Å². The zero-order chi connectivity index (χ0) is 13.8. The summed E-state index contributed by atoms with van der Waals surface area (Å²) in [6, 6.07) is 7.99. The van der Waals surface area contributed by atoms with Crippen LogP contribution in [0.3, 0.4) is 0 Å². The van der Waals surface area contributed by atoms with Crippen LogP contribution in [0.15, 0.2) is 41.0 Å². The fourth-order valence-corrected chi connectivity index (χ4v) is 1.95. The molecule has 0 saturated carbocycles. The normalized spacial score (nSPS) is 10.0. The van der Waals surface area contributed by atoms with E-state index < -0.39 is 4.92 Å². The van der Waals surface area contributed by atoms with E-state index in [-0.39, 0.29) is 5.69 Å². The maximum Gasteiger partial charge on any atom is 0.287 e. The Labute approximate surface area is 117 Å². The predicted octanol–water partition coefficient (Wildman–Crippen LogP) is 3.59. The molecule has 2 aromatic rings. The number of halogens is 1. The molecule has 0 amide bonds. The van der Waals surface area contributed by atoms with Crippen LogP contribution in [0.1, 0.15) is 0 Å². The quantitative estimate of drug-likeness (QED) is 0.687. The van der Waals surface area contributed by atoms with Crippen LogP contribution in [0.4, 0.5) is 11.5 Å². The minimum atomic E-state index is -0.470. The molecule has 0 radical (unpaired) electrons. The number of hydrogen-bond acceptors (Lipinski definition) is 5. The van der Waals surface area contributed by atoms with Crippen LogP contribution in [0, 0.1) is 10.1 Å². The minimum Gasteiger partial charge on any atom is -0.456 e. The van der Waals surface area contributed by atoms with Gasteiger partial charge in [-0.3, -0.25) is 10.1 Å². The number of benzene rings is 1. The van der Waals surface area contributed by atoms with E-state index in [1.165, 1.54) is 6.07 Å². The summed E-state index contributed by atoms with van der Waals surface area (Å²) in [6.45, 7) is 0. The number of aromatic nitrogens is 1. The van der Waals surface area contributed by atoms with Crippen molar-refractivity contribution in [2.75, 3.05) is 12.4 Å². The molecule has 0 atom stereocenters. The zero-order valence-electron chi connectivity index (χ0n) is 9.96. The molecule has 0 unspecified atom stereocenters. The molecule has 6 nitrogen and oxygen atoms in total. The lowest BCUT2D eigenvalue weighted by Crippen LogP contribution is -1.94. The second-order valence-electron chi connectivity index (χ2n) is 3.58. The van der Waals surface area contributed by atoms with Crippen molar-refractivity contribution in [3.63, 3.8) is 0 Å². The van der Waals surface area contributed by atoms with E-state index in [0.29, 0.717) is 21.8 Å². The summed E-state index contributed by atoms with van der Waals surface area (Å²) < 4.78 is 5.92. The molecule has 0 aliphatic carbocycles. The number of nitro groups is 1. The van der Waals surface area contributed by atoms with Crippen molar-refractivity contribution in [1.29, 1.82) is 0 Å². The van der Waals surface area contributed by atoms with Crippen molar-refractivity contribution in [2.45, 2.75) is 0 Å². The standard InChI is InChI=1S/C12H10BrN3O3/c1-14-11-7-8(5-6-15-11)19-10-4-2-3-9(12(10)13)16(17)18/h2-7H,1H3,(H,14,15). The first-order valence-electron chi connectivity index (χ1n) is 5.36. The van der Waals surface area contributed by atoms with Crippen LogP contribution in [0.2, 0.25) is 0 Å². The Morgan fingerprint density at radius 3 is 2.89 bits per heavy atom. The van der Waals surface area contributed by atoms with Crippen molar-refractivity contribution in [2.24, 2.45) is 0 Å². The maximum atomic E-state index is 10.8. The number of nitrogens with one attached hydrogen (secondary N) is 1. The molecule has 2 rings (SSSR count). The molecule has 19 heavy (non-hydrogen) atoms. The lowest BCUT2D eigenvalue weighted by molar-refractivity contribution is -0.385. The summed E-state index contributed by atoms with van der Waals surface area (Å²) in [6.07, 6.45) is 1.59. The van der Waals surface area contributed by atoms with E-state index in [1.807, 2.05) is 0 Å². The first-order chi connectivity index (χ1) is 9.11. The molecule has 1 aromatic carbocycles. The van der Waals surface area contributed by atoms with E-state index >= 15 is 0 Å². The van der Waals surface area contributed by atoms with Crippen LogP contribution >= 0.6 is 15.9 Å². The second-order valence-corrected chi connectivity index (χ2v) is 4.37. The fourth-order valence-electron chi connectivity index (χ4n) is 1.46. The van der Waals surface area contributed by atoms with E-state index in [4.69, 9.17) is 4.74 Å². The highest BCUT2D eigenvalue weighted by atomic mass is 79.9. The lowest BCUT2D eigenvalue weighted by atomic mass is 10.3. The van der Waals surface area contributed by atoms with Gasteiger partial charge in [-0.25, -0.2) is 4.98 Å². The number of rotatable bonds is 4. The van der Waals surface area contributed by atoms with Gasteiger partial charge in [0.25, 0.3) is 5.69 Å². The van der Waals surface area contributed by atoms with Crippen molar-refractivity contribution in [1.82, 2.24) is 4.98 Å². The Morgan fingerprint density at radius 1 is 1.42 bits per heavy atom. The fraction of sp³-hybridized carbons (Fsp3) is 0.0833. The molecule has 0 spiro atoms. The lowest BCUT2D eigenvalue weighted by Gasteiger charge is -2.08. The summed E-state index contributed by atoms with van der Waals surface area (Å²) in [4.78, 5) is 14.4. The van der Waals surface area contributed by atoms with E-state index in [2.05, 4.69) is 26.2 Å². The number of nitro benzene ring substituents is 1. The van der Waals surface area contributed by atoms with Gasteiger partial charge < -0.3 is 10.1 Å². The number of ether oxygens (including phenoxy) is 1. The largest absolute Gasteiger partial charge is 0.456 e. The maximum absolute atomic E-state index is 10.8. The Hall–Kier alpha value is -2.15. The first-order valence-corrected chi connectivity index (χ1v) is 6.15. The Kier molecular flexibility index (Phi) is 3.96. The first kappa shape index (κ1) is 13.3. The second kappa shape index (κ2) is 5.66. The summed E-state index contributed by atoms with van der Waals surface area (Å²) in [5.74, 6) is 1.57. The molecule has 0 fully saturated rings. The van der Waals surface area contributed by atoms with Crippen molar-refractivity contribution in [3.05, 3.63) is 51.1 Å². The van der Waals surface area contributed by atoms with Crippen molar-refractivity contribution >= 4 is 27.4 Å². The molecular weight excluding hydrogens is 314 g/mol. The highest BCUT2D eigenvalue weighted by molar-refractivity contribution is 9.10. The highest BCUT2D eigenvalue weighted by Crippen LogP contribution is 2.36. The summed E-state index contributed by atoms with van der Waals surface area (Å²) in [5.41, 5.74) is -0.0413. The van der Waals surface area contributed by atoms with Gasteiger partial charge >= 0.3 is 0 Å². The Bertz CT molecular complexity index is 619. The van der Waals surface area contributed by atoms with Crippen LogP contribution in [-0.4, -0.2) is 17.0 Å². The molecule has 0 saturated heterocycles. The number of pyridine rings is 1. The number of anilines is 1. The smallest absolute Gasteiger partial charge is 0.287 e. The highest BCUT2D eigenvalue weighted by Gasteiger charge is 2.16. The molecular formula is C12H10BrN3O3. The van der Waals surface area contributed by atoms with Crippen LogP contribution < -0.4 is 10.1 Å². The third kappa shape index (κ3) is 3.00. The van der Waals surface area contributed by atoms with Crippen molar-refractivity contribution < 1.29 is 9.66 Å². The van der Waals surface area contributed by atoms with E-state index in [0.717, 1.165) is 0 Å². The van der Waals surface area contributed by atoms with Gasteiger partial charge in [0.1, 0.15) is 21.8 Å². The zero-order valence-corrected chi connectivity index (χ0v) is 11.5. The SMILES string of the molecule is CNc1cc(Oc2cccc([N+](=O)[O-])c2Br)ccn1. The van der Waals surface area contributed by atoms with Gasteiger partial charge in [-0.05, 0) is 28.1 Å². The van der Waals surface area contributed by atoms with Crippen LogP contribution in [0.5, 0.6) is 11.5 Å². The molecule has 1 heterocycles. The molecule has 1 N–H and O–H groups in total. The van der Waals surface area contributed by atoms with E-state index in [9.17, 15) is 10.1 Å². The van der Waals surface area contributed by atoms with Gasteiger partial charge in [-0.2, -0.15) is 0 Å². The van der Waals surface area contributed by atoms with Gasteiger partial charge in [-0.1, -0.05) is 6.07 Å². The van der Waals surface area contributed by atoms with Gasteiger partial charge in [0, 0.05) is 25.4 Å². The molecule has 98 valence electrons. The average molecular weight is 324 g/mol. The predicted molar refractivity (Wildman–Crippen MR) is 74.7 cm³/mol. The summed E-state index contributed by atoms with van der Waals surface area (Å²) >= 11 is 3.18. The Morgan fingerprint density at radius 2 is 2.21 bits per heavy atom. The molecule has 7 heteroatoms. The topological polar surface area (TPSA) is 77.3 Å². The molecule has 0 bridgehead atoms. The monoisotopic (exact) mass is 323 g/mol. The third-order valence-electron chi connectivity index (χ3n) is 2.35. The van der Waals surface area contributed by atoms with Gasteiger partial charge in [0.15, 0.2) is 0 Å². The molecule has 1 aromatic heterocycles. The summed E-state index contributed by atoms with van der Waals surface area (Å²) in [5, 5.41) is 13.7. The Balaban J connectivity index is 2.33. The van der Waals surface area contributed by atoms with Gasteiger partial charge in [-0.15, -0.1) is 0 Å². The summed E-state index contributed by atoms with van der Waals surface area (Å²) in [7, 11) is 1.75. The van der Waals surface area contributed by atoms with Gasteiger partial charge in [0.05, 0.1) is 4.92 Å².